The number of H-pyrrole nitrogens is 1. The Bertz CT molecular complexity index is 413. The van der Waals surface area contributed by atoms with Crippen LogP contribution in [0.1, 0.15) is 28.9 Å². The van der Waals surface area contributed by atoms with Crippen LogP contribution in [0.3, 0.4) is 0 Å². The lowest BCUT2D eigenvalue weighted by Crippen LogP contribution is -2.38. The molecule has 1 atom stereocenters. The molecule has 2 amide bonds. The van der Waals surface area contributed by atoms with E-state index in [1.807, 2.05) is 0 Å². The normalized spacial score (nSPS) is 19.6. The summed E-state index contributed by atoms with van der Waals surface area (Å²) in [4.78, 5) is 22.6. The van der Waals surface area contributed by atoms with Gasteiger partial charge in [-0.2, -0.15) is 5.10 Å². The lowest BCUT2D eigenvalue weighted by Gasteiger charge is -2.10. The van der Waals surface area contributed by atoms with Gasteiger partial charge in [0.15, 0.2) is 0 Å². The molecule has 0 aromatic carbocycles. The number of carbonyl (C=O) groups is 2. The molecule has 0 saturated carbocycles. The van der Waals surface area contributed by atoms with Gasteiger partial charge in [-0.05, 0) is 13.3 Å². The highest BCUT2D eigenvalue weighted by atomic mass is 16.2. The van der Waals surface area contributed by atoms with Gasteiger partial charge >= 0.3 is 0 Å². The molecule has 16 heavy (non-hydrogen) atoms. The van der Waals surface area contributed by atoms with Crippen molar-refractivity contribution in [2.24, 2.45) is 0 Å². The Morgan fingerprint density at radius 2 is 2.50 bits per heavy atom. The van der Waals surface area contributed by atoms with E-state index in [2.05, 4.69) is 20.8 Å². The van der Waals surface area contributed by atoms with Gasteiger partial charge in [-0.1, -0.05) is 0 Å². The van der Waals surface area contributed by atoms with Crippen molar-refractivity contribution in [3.05, 3.63) is 17.5 Å². The lowest BCUT2D eigenvalue weighted by molar-refractivity contribution is -0.119. The molecule has 1 aromatic heterocycles. The number of aromatic amines is 1. The second-order valence-electron chi connectivity index (χ2n) is 3.92. The number of hydrogen-bond donors (Lipinski definition) is 3. The zero-order valence-corrected chi connectivity index (χ0v) is 9.04. The van der Waals surface area contributed by atoms with E-state index in [9.17, 15) is 9.59 Å². The van der Waals surface area contributed by atoms with E-state index in [4.69, 9.17) is 0 Å². The highest BCUT2D eigenvalue weighted by molar-refractivity contribution is 5.95. The predicted octanol–water partition coefficient (Wildman–Crippen LogP) is -0.273. The molecule has 1 aromatic rings. The summed E-state index contributed by atoms with van der Waals surface area (Å²) in [7, 11) is 0. The topological polar surface area (TPSA) is 86.9 Å². The summed E-state index contributed by atoms with van der Waals surface area (Å²) in [6, 6.07) is 0.0589. The van der Waals surface area contributed by atoms with Gasteiger partial charge in [-0.3, -0.25) is 14.7 Å². The summed E-state index contributed by atoms with van der Waals surface area (Å²) in [5, 5.41) is 12.0. The molecule has 0 aliphatic carbocycles. The zero-order chi connectivity index (χ0) is 11.5. The van der Waals surface area contributed by atoms with Crippen LogP contribution in [0.25, 0.3) is 0 Å². The van der Waals surface area contributed by atoms with Crippen molar-refractivity contribution in [1.29, 1.82) is 0 Å². The Balaban J connectivity index is 1.85. The molecule has 1 unspecified atom stereocenters. The third kappa shape index (κ3) is 2.21. The first-order chi connectivity index (χ1) is 7.66. The molecule has 2 heterocycles. The Labute approximate surface area is 92.8 Å². The summed E-state index contributed by atoms with van der Waals surface area (Å²) in [5.41, 5.74) is 1.29. The molecular weight excluding hydrogens is 208 g/mol. The van der Waals surface area contributed by atoms with Crippen molar-refractivity contribution in [2.75, 3.05) is 6.54 Å². The standard InChI is InChI=1S/C10H14N4O2/c1-6-8(5-12-14-6)10(16)11-4-7-2-3-9(15)13-7/h5,7H,2-4H2,1H3,(H,11,16)(H,12,14)(H,13,15). The fraction of sp³-hybridized carbons (Fsp3) is 0.500. The van der Waals surface area contributed by atoms with Gasteiger partial charge in [0.2, 0.25) is 5.91 Å². The van der Waals surface area contributed by atoms with Crippen LogP contribution in [-0.2, 0) is 4.79 Å². The SMILES string of the molecule is Cc1[nH]ncc1C(=O)NCC1CCC(=O)N1. The minimum absolute atomic E-state index is 0.0544. The highest BCUT2D eigenvalue weighted by Crippen LogP contribution is 2.06. The van der Waals surface area contributed by atoms with Crippen LogP contribution in [0.4, 0.5) is 0 Å². The summed E-state index contributed by atoms with van der Waals surface area (Å²) in [6.45, 7) is 2.26. The van der Waals surface area contributed by atoms with Crippen molar-refractivity contribution in [3.8, 4) is 0 Å². The van der Waals surface area contributed by atoms with Crippen molar-refractivity contribution < 1.29 is 9.59 Å². The summed E-state index contributed by atoms with van der Waals surface area (Å²) in [6.07, 6.45) is 2.83. The van der Waals surface area contributed by atoms with Crippen LogP contribution >= 0.6 is 0 Å². The molecule has 3 N–H and O–H groups in total. The smallest absolute Gasteiger partial charge is 0.254 e. The van der Waals surface area contributed by atoms with E-state index in [1.165, 1.54) is 6.20 Å². The zero-order valence-electron chi connectivity index (χ0n) is 9.04. The van der Waals surface area contributed by atoms with Gasteiger partial charge in [0, 0.05) is 24.7 Å². The van der Waals surface area contributed by atoms with Gasteiger partial charge in [0.1, 0.15) is 0 Å². The maximum atomic E-state index is 11.7. The summed E-state index contributed by atoms with van der Waals surface area (Å²) >= 11 is 0. The first-order valence-corrected chi connectivity index (χ1v) is 5.24. The summed E-state index contributed by atoms with van der Waals surface area (Å²) < 4.78 is 0. The van der Waals surface area contributed by atoms with Gasteiger partial charge in [0.05, 0.1) is 11.8 Å². The summed E-state index contributed by atoms with van der Waals surface area (Å²) in [5.74, 6) is -0.105. The van der Waals surface area contributed by atoms with Crippen LogP contribution in [0, 0.1) is 6.92 Å². The molecule has 1 fully saturated rings. The van der Waals surface area contributed by atoms with Crippen molar-refractivity contribution in [2.45, 2.75) is 25.8 Å². The van der Waals surface area contributed by atoms with E-state index in [1.54, 1.807) is 6.92 Å². The molecule has 6 nitrogen and oxygen atoms in total. The van der Waals surface area contributed by atoms with E-state index in [0.29, 0.717) is 18.5 Å². The average Bonchev–Trinajstić information content (AvgIpc) is 2.84. The van der Waals surface area contributed by atoms with Crippen LogP contribution in [-0.4, -0.2) is 34.6 Å². The predicted molar refractivity (Wildman–Crippen MR) is 56.8 cm³/mol. The number of aromatic nitrogens is 2. The number of hydrogen-bond acceptors (Lipinski definition) is 3. The molecule has 1 saturated heterocycles. The lowest BCUT2D eigenvalue weighted by atomic mass is 10.2. The maximum absolute atomic E-state index is 11.7. The first-order valence-electron chi connectivity index (χ1n) is 5.24. The molecule has 0 radical (unpaired) electrons. The van der Waals surface area contributed by atoms with Crippen LogP contribution in [0.2, 0.25) is 0 Å². The molecule has 1 aliphatic rings. The minimum Gasteiger partial charge on any atom is -0.352 e. The Hall–Kier alpha value is -1.85. The van der Waals surface area contributed by atoms with Gasteiger partial charge in [-0.25, -0.2) is 0 Å². The molecular formula is C10H14N4O2. The number of rotatable bonds is 3. The Morgan fingerprint density at radius 3 is 3.06 bits per heavy atom. The average molecular weight is 222 g/mol. The van der Waals surface area contributed by atoms with Gasteiger partial charge in [-0.15, -0.1) is 0 Å². The molecule has 0 bridgehead atoms. The Morgan fingerprint density at radius 1 is 1.69 bits per heavy atom. The minimum atomic E-state index is -0.160. The molecule has 1 aliphatic heterocycles. The molecule has 6 heteroatoms. The maximum Gasteiger partial charge on any atom is 0.254 e. The van der Waals surface area contributed by atoms with Crippen molar-refractivity contribution in [1.82, 2.24) is 20.8 Å². The highest BCUT2D eigenvalue weighted by Gasteiger charge is 2.21. The molecule has 2 rings (SSSR count). The number of aryl methyl sites for hydroxylation is 1. The third-order valence-corrected chi connectivity index (χ3v) is 2.67. The quantitative estimate of drug-likeness (QED) is 0.657. The van der Waals surface area contributed by atoms with Crippen LogP contribution < -0.4 is 10.6 Å². The van der Waals surface area contributed by atoms with Gasteiger partial charge in [0.25, 0.3) is 5.91 Å². The second kappa shape index (κ2) is 4.34. The van der Waals surface area contributed by atoms with E-state index in [-0.39, 0.29) is 17.9 Å². The van der Waals surface area contributed by atoms with Crippen molar-refractivity contribution in [3.63, 3.8) is 0 Å². The van der Waals surface area contributed by atoms with E-state index >= 15 is 0 Å². The molecule has 0 spiro atoms. The molecule has 86 valence electrons. The Kier molecular flexibility index (Phi) is 2.89. The van der Waals surface area contributed by atoms with Crippen molar-refractivity contribution >= 4 is 11.8 Å². The van der Waals surface area contributed by atoms with Crippen LogP contribution in [0.5, 0.6) is 0 Å². The largest absolute Gasteiger partial charge is 0.352 e. The number of nitrogens with zero attached hydrogens (tertiary/aromatic N) is 1. The number of amides is 2. The third-order valence-electron chi connectivity index (χ3n) is 2.67. The fourth-order valence-corrected chi connectivity index (χ4v) is 1.72. The monoisotopic (exact) mass is 222 g/mol. The fourth-order valence-electron chi connectivity index (χ4n) is 1.72. The second-order valence-corrected chi connectivity index (χ2v) is 3.92. The van der Waals surface area contributed by atoms with Gasteiger partial charge < -0.3 is 10.6 Å². The number of carbonyl (C=O) groups excluding carboxylic acids is 2. The van der Waals surface area contributed by atoms with Crippen LogP contribution in [0.15, 0.2) is 6.20 Å². The van der Waals surface area contributed by atoms with E-state index < -0.39 is 0 Å². The first kappa shape index (κ1) is 10.7. The van der Waals surface area contributed by atoms with E-state index in [0.717, 1.165) is 12.1 Å². The number of nitrogens with one attached hydrogen (secondary N) is 3.